The Morgan fingerprint density at radius 3 is 2.61 bits per heavy atom. The SMILES string of the molecule is N#CNc1cc(Nc2ccccc2C#N)ncn1. The Hall–Kier alpha value is -3.12. The molecule has 0 amide bonds. The molecule has 2 aromatic rings. The largest absolute Gasteiger partial charge is 0.339 e. The van der Waals surface area contributed by atoms with Crippen LogP contribution in [0.3, 0.4) is 0 Å². The normalized spacial score (nSPS) is 9.00. The van der Waals surface area contributed by atoms with Crippen LogP contribution in [-0.2, 0) is 0 Å². The summed E-state index contributed by atoms with van der Waals surface area (Å²) in [7, 11) is 0. The fraction of sp³-hybridized carbons (Fsp3) is 0. The van der Waals surface area contributed by atoms with Gasteiger partial charge in [0.15, 0.2) is 6.19 Å². The molecule has 0 bridgehead atoms. The minimum Gasteiger partial charge on any atom is -0.339 e. The van der Waals surface area contributed by atoms with E-state index in [1.807, 2.05) is 6.07 Å². The fourth-order valence-corrected chi connectivity index (χ4v) is 1.38. The first kappa shape index (κ1) is 11.4. The standard InChI is InChI=1S/C12H8N6/c13-6-9-3-1-2-4-10(9)18-12-5-11(15-7-14)16-8-17-12/h1-5,8H,(H2,15,16,17,18). The minimum absolute atomic E-state index is 0.393. The van der Waals surface area contributed by atoms with Gasteiger partial charge in [-0.2, -0.15) is 10.5 Å². The number of nitrogens with zero attached hydrogens (tertiary/aromatic N) is 4. The Bertz CT molecular complexity index is 638. The van der Waals surface area contributed by atoms with E-state index >= 15 is 0 Å². The summed E-state index contributed by atoms with van der Waals surface area (Å²) in [4.78, 5) is 7.87. The minimum atomic E-state index is 0.393. The topological polar surface area (TPSA) is 97.4 Å². The molecule has 1 heterocycles. The molecule has 0 fully saturated rings. The zero-order chi connectivity index (χ0) is 12.8. The van der Waals surface area contributed by atoms with Gasteiger partial charge in [0, 0.05) is 6.07 Å². The number of nitrogens with one attached hydrogen (secondary N) is 2. The number of anilines is 3. The molecule has 0 radical (unpaired) electrons. The van der Waals surface area contributed by atoms with Gasteiger partial charge >= 0.3 is 0 Å². The highest BCUT2D eigenvalue weighted by atomic mass is 15.1. The summed E-state index contributed by atoms with van der Waals surface area (Å²) >= 11 is 0. The van der Waals surface area contributed by atoms with Gasteiger partial charge in [0.05, 0.1) is 11.3 Å². The van der Waals surface area contributed by atoms with Crippen molar-refractivity contribution < 1.29 is 0 Å². The number of hydrogen-bond donors (Lipinski definition) is 2. The van der Waals surface area contributed by atoms with Crippen molar-refractivity contribution in [3.05, 3.63) is 42.2 Å². The number of para-hydroxylation sites is 1. The summed E-state index contributed by atoms with van der Waals surface area (Å²) in [6.07, 6.45) is 3.11. The van der Waals surface area contributed by atoms with Crippen molar-refractivity contribution in [3.8, 4) is 12.3 Å². The third-order valence-electron chi connectivity index (χ3n) is 2.16. The van der Waals surface area contributed by atoms with Crippen LogP contribution in [0.15, 0.2) is 36.7 Å². The fourth-order valence-electron chi connectivity index (χ4n) is 1.38. The van der Waals surface area contributed by atoms with E-state index in [-0.39, 0.29) is 0 Å². The van der Waals surface area contributed by atoms with Crippen molar-refractivity contribution in [2.24, 2.45) is 0 Å². The molecule has 6 nitrogen and oxygen atoms in total. The van der Waals surface area contributed by atoms with Crippen LogP contribution in [0.2, 0.25) is 0 Å². The molecular formula is C12H8N6. The van der Waals surface area contributed by atoms with Gasteiger partial charge in [-0.3, -0.25) is 5.32 Å². The third kappa shape index (κ3) is 2.52. The molecule has 0 saturated heterocycles. The summed E-state index contributed by atoms with van der Waals surface area (Å²) in [6, 6.07) is 10.7. The molecule has 0 spiro atoms. The molecule has 2 rings (SSSR count). The summed E-state index contributed by atoms with van der Waals surface area (Å²) in [5.41, 5.74) is 1.17. The van der Waals surface area contributed by atoms with Crippen LogP contribution in [0.1, 0.15) is 5.56 Å². The first-order valence-corrected chi connectivity index (χ1v) is 5.07. The molecule has 1 aromatic heterocycles. The lowest BCUT2D eigenvalue weighted by atomic mass is 10.2. The van der Waals surface area contributed by atoms with Gasteiger partial charge in [0.1, 0.15) is 24.0 Å². The van der Waals surface area contributed by atoms with Crippen molar-refractivity contribution in [3.63, 3.8) is 0 Å². The first-order chi connectivity index (χ1) is 8.83. The average Bonchev–Trinajstić information content (AvgIpc) is 2.40. The maximum Gasteiger partial charge on any atom is 0.182 e. The van der Waals surface area contributed by atoms with Gasteiger partial charge in [-0.15, -0.1) is 0 Å². The van der Waals surface area contributed by atoms with Crippen molar-refractivity contribution in [2.75, 3.05) is 10.6 Å². The van der Waals surface area contributed by atoms with Gasteiger partial charge in [0.25, 0.3) is 0 Å². The lowest BCUT2D eigenvalue weighted by molar-refractivity contribution is 1.17. The molecule has 0 aliphatic rings. The Morgan fingerprint density at radius 1 is 1.06 bits per heavy atom. The summed E-state index contributed by atoms with van der Waals surface area (Å²) < 4.78 is 0. The van der Waals surface area contributed by atoms with Crippen LogP contribution >= 0.6 is 0 Å². The number of rotatable bonds is 3. The second-order valence-electron chi connectivity index (χ2n) is 3.31. The molecule has 6 heteroatoms. The molecule has 86 valence electrons. The van der Waals surface area contributed by atoms with E-state index in [1.54, 1.807) is 30.5 Å². The van der Waals surface area contributed by atoms with E-state index in [0.717, 1.165) is 0 Å². The summed E-state index contributed by atoms with van der Waals surface area (Å²) in [6.45, 7) is 0. The van der Waals surface area contributed by atoms with Crippen LogP contribution in [0.25, 0.3) is 0 Å². The molecular weight excluding hydrogens is 228 g/mol. The molecule has 0 unspecified atom stereocenters. The highest BCUT2D eigenvalue weighted by Crippen LogP contribution is 2.19. The van der Waals surface area contributed by atoms with E-state index in [2.05, 4.69) is 26.7 Å². The molecule has 0 atom stereocenters. The van der Waals surface area contributed by atoms with Crippen LogP contribution < -0.4 is 10.6 Å². The number of hydrogen-bond acceptors (Lipinski definition) is 6. The molecule has 1 aromatic carbocycles. The number of aromatic nitrogens is 2. The number of nitriles is 2. The van der Waals surface area contributed by atoms with Gasteiger partial charge in [0.2, 0.25) is 0 Å². The second-order valence-corrected chi connectivity index (χ2v) is 3.31. The summed E-state index contributed by atoms with van der Waals surface area (Å²) in [5.74, 6) is 0.898. The smallest absolute Gasteiger partial charge is 0.182 e. The highest BCUT2D eigenvalue weighted by molar-refractivity contribution is 5.65. The second kappa shape index (κ2) is 5.28. The monoisotopic (exact) mass is 236 g/mol. The summed E-state index contributed by atoms with van der Waals surface area (Å²) in [5, 5.41) is 22.9. The van der Waals surface area contributed by atoms with Crippen LogP contribution in [0, 0.1) is 22.8 Å². The Balaban J connectivity index is 2.27. The molecule has 0 saturated carbocycles. The van der Waals surface area contributed by atoms with Gasteiger partial charge in [-0.1, -0.05) is 12.1 Å². The average molecular weight is 236 g/mol. The van der Waals surface area contributed by atoms with Gasteiger partial charge in [-0.25, -0.2) is 9.97 Å². The molecule has 0 aliphatic carbocycles. The zero-order valence-corrected chi connectivity index (χ0v) is 9.25. The van der Waals surface area contributed by atoms with Crippen molar-refractivity contribution in [1.82, 2.24) is 9.97 Å². The van der Waals surface area contributed by atoms with Gasteiger partial charge in [-0.05, 0) is 12.1 Å². The zero-order valence-electron chi connectivity index (χ0n) is 9.25. The molecule has 2 N–H and O–H groups in total. The lowest BCUT2D eigenvalue weighted by Gasteiger charge is -2.07. The van der Waals surface area contributed by atoms with E-state index in [0.29, 0.717) is 22.9 Å². The first-order valence-electron chi connectivity index (χ1n) is 5.07. The lowest BCUT2D eigenvalue weighted by Crippen LogP contribution is -1.99. The van der Waals surface area contributed by atoms with Gasteiger partial charge < -0.3 is 5.32 Å². The van der Waals surface area contributed by atoms with E-state index in [9.17, 15) is 0 Å². The van der Waals surface area contributed by atoms with E-state index in [1.165, 1.54) is 6.33 Å². The van der Waals surface area contributed by atoms with E-state index < -0.39 is 0 Å². The maximum absolute atomic E-state index is 8.96. The quantitative estimate of drug-likeness (QED) is 0.624. The third-order valence-corrected chi connectivity index (χ3v) is 2.16. The van der Waals surface area contributed by atoms with Crippen molar-refractivity contribution in [2.45, 2.75) is 0 Å². The highest BCUT2D eigenvalue weighted by Gasteiger charge is 2.03. The Morgan fingerprint density at radius 2 is 1.83 bits per heavy atom. The molecule has 18 heavy (non-hydrogen) atoms. The van der Waals surface area contributed by atoms with Crippen molar-refractivity contribution in [1.29, 1.82) is 10.5 Å². The maximum atomic E-state index is 8.96. The predicted molar refractivity (Wildman–Crippen MR) is 65.7 cm³/mol. The Kier molecular flexibility index (Phi) is 3.34. The van der Waals surface area contributed by atoms with Crippen molar-refractivity contribution >= 4 is 17.3 Å². The van der Waals surface area contributed by atoms with Crippen LogP contribution in [0.4, 0.5) is 17.3 Å². The Labute approximate surface area is 104 Å². The number of benzene rings is 1. The molecule has 0 aliphatic heterocycles. The van der Waals surface area contributed by atoms with Crippen LogP contribution in [0.5, 0.6) is 0 Å². The van der Waals surface area contributed by atoms with Crippen LogP contribution in [-0.4, -0.2) is 9.97 Å². The van der Waals surface area contributed by atoms with E-state index in [4.69, 9.17) is 10.5 Å². The predicted octanol–water partition coefficient (Wildman–Crippen LogP) is 1.98.